The Hall–Kier alpha value is -1.92. The van der Waals surface area contributed by atoms with Crippen LogP contribution in [0.2, 0.25) is 0 Å². The van der Waals surface area contributed by atoms with E-state index in [1.807, 2.05) is 0 Å². The molecular formula is C10H14N4O3. The highest BCUT2D eigenvalue weighted by molar-refractivity contribution is 5.84. The zero-order valence-electron chi connectivity index (χ0n) is 9.54. The van der Waals surface area contributed by atoms with Crippen LogP contribution in [-0.4, -0.2) is 50.0 Å². The van der Waals surface area contributed by atoms with Crippen LogP contribution < -0.4 is 0 Å². The molecule has 2 heterocycles. The van der Waals surface area contributed by atoms with E-state index in [1.165, 1.54) is 10.9 Å². The summed E-state index contributed by atoms with van der Waals surface area (Å²) in [6.45, 7) is 3.63. The van der Waals surface area contributed by atoms with Gasteiger partial charge < -0.3 is 10.0 Å². The Labute approximate surface area is 98.0 Å². The average molecular weight is 238 g/mol. The van der Waals surface area contributed by atoms with Crippen molar-refractivity contribution in [2.75, 3.05) is 13.1 Å². The minimum absolute atomic E-state index is 0.0496. The summed E-state index contributed by atoms with van der Waals surface area (Å²) < 4.78 is 1.53. The third-order valence-electron chi connectivity index (χ3n) is 2.93. The van der Waals surface area contributed by atoms with Crippen LogP contribution in [-0.2, 0) is 11.3 Å². The first kappa shape index (κ1) is 11.6. The fourth-order valence-corrected chi connectivity index (χ4v) is 2.02. The fourth-order valence-electron chi connectivity index (χ4n) is 2.02. The van der Waals surface area contributed by atoms with E-state index in [0.29, 0.717) is 19.0 Å². The number of carboxylic acids is 1. The lowest BCUT2D eigenvalue weighted by atomic mass is 10.1. The van der Waals surface area contributed by atoms with E-state index < -0.39 is 5.97 Å². The summed E-state index contributed by atoms with van der Waals surface area (Å²) in [4.78, 5) is 23.6. The Balaban J connectivity index is 1.93. The standard InChI is InChI=1S/C10H14N4O3/c1-7(15)13-3-2-8(4-13)5-14-6-9(10(16)17)11-12-14/h6,8H,2-5H2,1H3,(H,16,17)/t8-/m1/s1. The maximum absolute atomic E-state index is 11.2. The van der Waals surface area contributed by atoms with Gasteiger partial charge in [0.1, 0.15) is 0 Å². The number of aromatic nitrogens is 3. The lowest BCUT2D eigenvalue weighted by Crippen LogP contribution is -2.26. The van der Waals surface area contributed by atoms with E-state index in [4.69, 9.17) is 5.11 Å². The largest absolute Gasteiger partial charge is 0.476 e. The molecule has 1 atom stereocenters. The normalized spacial score (nSPS) is 19.6. The quantitative estimate of drug-likeness (QED) is 0.790. The molecule has 1 aromatic heterocycles. The smallest absolute Gasteiger partial charge is 0.358 e. The minimum atomic E-state index is -1.08. The molecule has 2 rings (SSSR count). The molecule has 0 unspecified atom stereocenters. The highest BCUT2D eigenvalue weighted by Crippen LogP contribution is 2.17. The first-order valence-electron chi connectivity index (χ1n) is 5.45. The van der Waals surface area contributed by atoms with Gasteiger partial charge in [-0.1, -0.05) is 5.21 Å². The number of aromatic carboxylic acids is 1. The van der Waals surface area contributed by atoms with Crippen molar-refractivity contribution in [3.8, 4) is 0 Å². The molecule has 1 aliphatic rings. The summed E-state index contributed by atoms with van der Waals surface area (Å²) in [5.41, 5.74) is -0.0496. The van der Waals surface area contributed by atoms with E-state index in [0.717, 1.165) is 13.0 Å². The maximum Gasteiger partial charge on any atom is 0.358 e. The molecule has 0 bridgehead atoms. The zero-order chi connectivity index (χ0) is 12.4. The van der Waals surface area contributed by atoms with Gasteiger partial charge in [0.2, 0.25) is 5.91 Å². The summed E-state index contributed by atoms with van der Waals surface area (Å²) in [5, 5.41) is 16.0. The summed E-state index contributed by atoms with van der Waals surface area (Å²) in [7, 11) is 0. The molecule has 7 heteroatoms. The minimum Gasteiger partial charge on any atom is -0.476 e. The number of hydrogen-bond donors (Lipinski definition) is 1. The number of amides is 1. The molecule has 17 heavy (non-hydrogen) atoms. The molecule has 1 aromatic rings. The number of likely N-dealkylation sites (tertiary alicyclic amines) is 1. The Kier molecular flexibility index (Phi) is 3.08. The summed E-state index contributed by atoms with van der Waals surface area (Å²) >= 11 is 0. The molecule has 1 saturated heterocycles. The Morgan fingerprint density at radius 1 is 1.59 bits per heavy atom. The molecule has 7 nitrogen and oxygen atoms in total. The molecule has 1 aliphatic heterocycles. The second-order valence-corrected chi connectivity index (χ2v) is 4.25. The van der Waals surface area contributed by atoms with E-state index in [9.17, 15) is 9.59 Å². The monoisotopic (exact) mass is 238 g/mol. The van der Waals surface area contributed by atoms with E-state index >= 15 is 0 Å². The molecule has 0 aliphatic carbocycles. The average Bonchev–Trinajstić information content (AvgIpc) is 2.87. The summed E-state index contributed by atoms with van der Waals surface area (Å²) in [6.07, 6.45) is 2.33. The molecule has 0 radical (unpaired) electrons. The summed E-state index contributed by atoms with van der Waals surface area (Å²) in [5.74, 6) is -0.674. The van der Waals surface area contributed by atoms with Crippen molar-refractivity contribution in [1.82, 2.24) is 19.9 Å². The molecule has 1 N–H and O–H groups in total. The first-order chi connectivity index (χ1) is 8.06. The third kappa shape index (κ3) is 2.61. The molecule has 0 saturated carbocycles. The van der Waals surface area contributed by atoms with Gasteiger partial charge >= 0.3 is 5.97 Å². The molecular weight excluding hydrogens is 224 g/mol. The lowest BCUT2D eigenvalue weighted by molar-refractivity contribution is -0.127. The topological polar surface area (TPSA) is 88.3 Å². The number of carbonyl (C=O) groups excluding carboxylic acids is 1. The predicted molar refractivity (Wildman–Crippen MR) is 57.3 cm³/mol. The van der Waals surface area contributed by atoms with Crippen LogP contribution in [0.1, 0.15) is 23.8 Å². The second-order valence-electron chi connectivity index (χ2n) is 4.25. The van der Waals surface area contributed by atoms with Crippen LogP contribution >= 0.6 is 0 Å². The number of carbonyl (C=O) groups is 2. The molecule has 0 aromatic carbocycles. The van der Waals surface area contributed by atoms with Crippen molar-refractivity contribution in [2.45, 2.75) is 19.9 Å². The van der Waals surface area contributed by atoms with Crippen LogP contribution in [0.4, 0.5) is 0 Å². The van der Waals surface area contributed by atoms with Gasteiger partial charge in [0.05, 0.1) is 6.20 Å². The van der Waals surface area contributed by atoms with Crippen molar-refractivity contribution in [3.63, 3.8) is 0 Å². The summed E-state index contributed by atoms with van der Waals surface area (Å²) in [6, 6.07) is 0. The van der Waals surface area contributed by atoms with Crippen LogP contribution in [0.25, 0.3) is 0 Å². The number of hydrogen-bond acceptors (Lipinski definition) is 4. The second kappa shape index (κ2) is 4.52. The van der Waals surface area contributed by atoms with Gasteiger partial charge in [-0.3, -0.25) is 9.48 Å². The van der Waals surface area contributed by atoms with Gasteiger partial charge in [-0.25, -0.2) is 4.79 Å². The van der Waals surface area contributed by atoms with Crippen molar-refractivity contribution < 1.29 is 14.7 Å². The lowest BCUT2D eigenvalue weighted by Gasteiger charge is -2.13. The van der Waals surface area contributed by atoms with Crippen LogP contribution in [0.3, 0.4) is 0 Å². The third-order valence-corrected chi connectivity index (χ3v) is 2.93. The fraction of sp³-hybridized carbons (Fsp3) is 0.600. The van der Waals surface area contributed by atoms with Gasteiger partial charge in [-0.05, 0) is 12.3 Å². The number of rotatable bonds is 3. The molecule has 1 amide bonds. The van der Waals surface area contributed by atoms with Gasteiger partial charge in [0.15, 0.2) is 5.69 Å². The number of carboxylic acid groups (broad SMARTS) is 1. The Morgan fingerprint density at radius 3 is 2.88 bits per heavy atom. The SMILES string of the molecule is CC(=O)N1CC[C@@H](Cn2cc(C(=O)O)nn2)C1. The van der Waals surface area contributed by atoms with Crippen LogP contribution in [0.15, 0.2) is 6.20 Å². The van der Waals surface area contributed by atoms with Gasteiger partial charge in [-0.2, -0.15) is 0 Å². The van der Waals surface area contributed by atoms with Crippen molar-refractivity contribution in [2.24, 2.45) is 5.92 Å². The van der Waals surface area contributed by atoms with Crippen molar-refractivity contribution in [3.05, 3.63) is 11.9 Å². The molecule has 0 spiro atoms. The number of nitrogens with zero attached hydrogens (tertiary/aromatic N) is 4. The Bertz CT molecular complexity index is 443. The van der Waals surface area contributed by atoms with Gasteiger partial charge in [0, 0.05) is 26.6 Å². The maximum atomic E-state index is 11.2. The Morgan fingerprint density at radius 2 is 2.35 bits per heavy atom. The van der Waals surface area contributed by atoms with E-state index in [-0.39, 0.29) is 11.6 Å². The van der Waals surface area contributed by atoms with Gasteiger partial charge in [0.25, 0.3) is 0 Å². The van der Waals surface area contributed by atoms with Crippen molar-refractivity contribution in [1.29, 1.82) is 0 Å². The first-order valence-corrected chi connectivity index (χ1v) is 5.45. The molecule has 1 fully saturated rings. The zero-order valence-corrected chi connectivity index (χ0v) is 9.54. The van der Waals surface area contributed by atoms with E-state index in [1.54, 1.807) is 11.8 Å². The predicted octanol–water partition coefficient (Wildman–Crippen LogP) is -0.155. The van der Waals surface area contributed by atoms with Crippen LogP contribution in [0.5, 0.6) is 0 Å². The molecule has 92 valence electrons. The van der Waals surface area contributed by atoms with Crippen molar-refractivity contribution >= 4 is 11.9 Å². The highest BCUT2D eigenvalue weighted by Gasteiger charge is 2.24. The van der Waals surface area contributed by atoms with E-state index in [2.05, 4.69) is 10.3 Å². The van der Waals surface area contributed by atoms with Gasteiger partial charge in [-0.15, -0.1) is 5.10 Å². The van der Waals surface area contributed by atoms with Crippen LogP contribution in [0, 0.1) is 5.92 Å². The highest BCUT2D eigenvalue weighted by atomic mass is 16.4.